The number of thiazole rings is 1. The van der Waals surface area contributed by atoms with E-state index in [9.17, 15) is 8.42 Å². The molecule has 0 amide bonds. The van der Waals surface area contributed by atoms with Crippen molar-refractivity contribution in [1.29, 1.82) is 0 Å². The standard InChI is InChI=1S/C18H30N4O2S2/c1-13-20-16(12-25-13)11-21-9-14-7-15(10-21)18(8-19-26(2,23)24)22-6-4-3-5-17(14)22/h12,14-15,17-19H,3-11H2,1-2H3/t14-,15+,17+,18+/m1/s1. The van der Waals surface area contributed by atoms with Gasteiger partial charge in [-0.15, -0.1) is 11.3 Å². The Morgan fingerprint density at radius 1 is 1.31 bits per heavy atom. The molecule has 3 fully saturated rings. The topological polar surface area (TPSA) is 65.5 Å². The van der Waals surface area contributed by atoms with E-state index in [4.69, 9.17) is 0 Å². The first-order valence-electron chi connectivity index (χ1n) is 9.73. The van der Waals surface area contributed by atoms with Gasteiger partial charge in [-0.1, -0.05) is 6.42 Å². The normalized spacial score (nSPS) is 33.2. The van der Waals surface area contributed by atoms with Crippen molar-refractivity contribution in [2.75, 3.05) is 32.4 Å². The summed E-state index contributed by atoms with van der Waals surface area (Å²) in [5, 5.41) is 3.31. The lowest BCUT2D eigenvalue weighted by atomic mass is 9.72. The van der Waals surface area contributed by atoms with Crippen molar-refractivity contribution in [2.45, 2.75) is 51.2 Å². The molecule has 6 nitrogen and oxygen atoms in total. The lowest BCUT2D eigenvalue weighted by Gasteiger charge is -2.56. The molecule has 4 atom stereocenters. The summed E-state index contributed by atoms with van der Waals surface area (Å²) >= 11 is 1.72. The Kier molecular flexibility index (Phi) is 5.40. The van der Waals surface area contributed by atoms with Gasteiger partial charge in [0, 0.05) is 43.6 Å². The number of nitrogens with one attached hydrogen (secondary N) is 1. The van der Waals surface area contributed by atoms with Crippen LogP contribution >= 0.6 is 11.3 Å². The molecule has 0 aromatic carbocycles. The van der Waals surface area contributed by atoms with Gasteiger partial charge >= 0.3 is 0 Å². The van der Waals surface area contributed by atoms with Gasteiger partial charge in [0.1, 0.15) is 0 Å². The van der Waals surface area contributed by atoms with Crippen LogP contribution in [-0.4, -0.2) is 67.7 Å². The van der Waals surface area contributed by atoms with Crippen molar-refractivity contribution < 1.29 is 8.42 Å². The summed E-state index contributed by atoms with van der Waals surface area (Å²) in [5.41, 5.74) is 1.18. The summed E-state index contributed by atoms with van der Waals surface area (Å²) < 4.78 is 26.1. The smallest absolute Gasteiger partial charge is 0.208 e. The zero-order chi connectivity index (χ0) is 18.3. The Morgan fingerprint density at radius 2 is 2.12 bits per heavy atom. The SMILES string of the molecule is Cc1nc(CN2C[C@H]3C[C@@H](C2)[C@H](CNS(C)(=O)=O)N2CCCC[C@@H]32)cs1. The third-order valence-electron chi connectivity index (χ3n) is 6.30. The van der Waals surface area contributed by atoms with E-state index in [0.29, 0.717) is 30.5 Å². The second-order valence-corrected chi connectivity index (χ2v) is 11.2. The van der Waals surface area contributed by atoms with E-state index in [-0.39, 0.29) is 0 Å². The number of nitrogens with zero attached hydrogens (tertiary/aromatic N) is 3. The van der Waals surface area contributed by atoms with E-state index >= 15 is 0 Å². The van der Waals surface area contributed by atoms with Crippen LogP contribution in [0.2, 0.25) is 0 Å². The second-order valence-electron chi connectivity index (χ2n) is 8.30. The van der Waals surface area contributed by atoms with Crippen molar-refractivity contribution in [3.8, 4) is 0 Å². The van der Waals surface area contributed by atoms with Crippen molar-refractivity contribution >= 4 is 21.4 Å². The average Bonchev–Trinajstić information content (AvgIpc) is 2.98. The van der Waals surface area contributed by atoms with Gasteiger partial charge in [-0.3, -0.25) is 9.80 Å². The predicted molar refractivity (Wildman–Crippen MR) is 105 cm³/mol. The zero-order valence-electron chi connectivity index (χ0n) is 15.7. The Bertz CT molecular complexity index is 735. The second kappa shape index (κ2) is 7.47. The third-order valence-corrected chi connectivity index (χ3v) is 7.82. The lowest BCUT2D eigenvalue weighted by Crippen LogP contribution is -2.65. The van der Waals surface area contributed by atoms with Crippen molar-refractivity contribution in [2.24, 2.45) is 11.8 Å². The maximum Gasteiger partial charge on any atom is 0.208 e. The minimum Gasteiger partial charge on any atom is -0.297 e. The van der Waals surface area contributed by atoms with Gasteiger partial charge < -0.3 is 0 Å². The monoisotopic (exact) mass is 398 g/mol. The molecular weight excluding hydrogens is 368 g/mol. The van der Waals surface area contributed by atoms with Gasteiger partial charge in [0.15, 0.2) is 0 Å². The van der Waals surface area contributed by atoms with Gasteiger partial charge in [0.2, 0.25) is 10.0 Å². The number of hydrogen-bond acceptors (Lipinski definition) is 6. The molecule has 0 saturated carbocycles. The highest BCUT2D eigenvalue weighted by molar-refractivity contribution is 7.88. The summed E-state index contributed by atoms with van der Waals surface area (Å²) in [5.74, 6) is 1.25. The molecule has 26 heavy (non-hydrogen) atoms. The fourth-order valence-electron chi connectivity index (χ4n) is 5.36. The van der Waals surface area contributed by atoms with Crippen LogP contribution in [0.25, 0.3) is 0 Å². The Balaban J connectivity index is 1.51. The number of hydrogen-bond donors (Lipinski definition) is 1. The largest absolute Gasteiger partial charge is 0.297 e. The van der Waals surface area contributed by atoms with Crippen LogP contribution in [0.15, 0.2) is 5.38 Å². The molecule has 0 unspecified atom stereocenters. The van der Waals surface area contributed by atoms with Gasteiger partial charge in [-0.2, -0.15) is 0 Å². The van der Waals surface area contributed by atoms with Crippen LogP contribution in [0, 0.1) is 18.8 Å². The highest BCUT2D eigenvalue weighted by Gasteiger charge is 2.47. The molecule has 1 aromatic rings. The maximum atomic E-state index is 11.7. The number of rotatable bonds is 5. The van der Waals surface area contributed by atoms with Crippen LogP contribution in [-0.2, 0) is 16.6 Å². The highest BCUT2D eigenvalue weighted by Crippen LogP contribution is 2.41. The molecule has 4 heterocycles. The molecule has 146 valence electrons. The van der Waals surface area contributed by atoms with E-state index < -0.39 is 10.0 Å². The summed E-state index contributed by atoms with van der Waals surface area (Å²) in [7, 11) is -3.15. The molecule has 0 aliphatic carbocycles. The Labute approximate surface area is 161 Å². The quantitative estimate of drug-likeness (QED) is 0.817. The number of fused-ring (bicyclic) bond motifs is 4. The molecule has 3 aliphatic rings. The van der Waals surface area contributed by atoms with Crippen molar-refractivity contribution in [3.63, 3.8) is 0 Å². The molecule has 3 saturated heterocycles. The van der Waals surface area contributed by atoms with E-state index in [1.165, 1.54) is 37.6 Å². The van der Waals surface area contributed by atoms with E-state index in [1.54, 1.807) is 11.3 Å². The maximum absolute atomic E-state index is 11.7. The predicted octanol–water partition coefficient (Wildman–Crippen LogP) is 1.68. The van der Waals surface area contributed by atoms with Crippen LogP contribution in [0.4, 0.5) is 0 Å². The molecule has 4 rings (SSSR count). The zero-order valence-corrected chi connectivity index (χ0v) is 17.4. The molecule has 1 aromatic heterocycles. The first kappa shape index (κ1) is 18.8. The number of aryl methyl sites for hydroxylation is 1. The molecular formula is C18H30N4O2S2. The summed E-state index contributed by atoms with van der Waals surface area (Å²) in [6.07, 6.45) is 6.32. The van der Waals surface area contributed by atoms with Crippen LogP contribution in [0.3, 0.4) is 0 Å². The molecule has 3 aliphatic heterocycles. The van der Waals surface area contributed by atoms with Gasteiger partial charge in [-0.25, -0.2) is 18.1 Å². The van der Waals surface area contributed by atoms with Crippen molar-refractivity contribution in [3.05, 3.63) is 16.1 Å². The first-order chi connectivity index (χ1) is 12.4. The Morgan fingerprint density at radius 3 is 2.85 bits per heavy atom. The summed E-state index contributed by atoms with van der Waals surface area (Å²) in [6.45, 7) is 6.87. The fraction of sp³-hybridized carbons (Fsp3) is 0.833. The number of sulfonamides is 1. The third kappa shape index (κ3) is 4.14. The highest BCUT2D eigenvalue weighted by atomic mass is 32.2. The Hall–Kier alpha value is -0.540. The van der Waals surface area contributed by atoms with Gasteiger partial charge in [0.05, 0.1) is 17.0 Å². The number of likely N-dealkylation sites (tertiary alicyclic amines) is 1. The summed E-state index contributed by atoms with van der Waals surface area (Å²) in [6, 6.07) is 0.942. The minimum atomic E-state index is -3.15. The minimum absolute atomic E-state index is 0.325. The van der Waals surface area contributed by atoms with Crippen LogP contribution in [0.1, 0.15) is 36.4 Å². The lowest BCUT2D eigenvalue weighted by molar-refractivity contribution is -0.0711. The van der Waals surface area contributed by atoms with Crippen LogP contribution in [0.5, 0.6) is 0 Å². The molecule has 0 radical (unpaired) electrons. The van der Waals surface area contributed by atoms with Gasteiger partial charge in [0.25, 0.3) is 0 Å². The van der Waals surface area contributed by atoms with Gasteiger partial charge in [-0.05, 0) is 44.6 Å². The molecule has 8 heteroatoms. The summed E-state index contributed by atoms with van der Waals surface area (Å²) in [4.78, 5) is 9.85. The van der Waals surface area contributed by atoms with Crippen LogP contribution < -0.4 is 4.72 Å². The molecule has 1 N–H and O–H groups in total. The van der Waals surface area contributed by atoms with E-state index in [2.05, 4.69) is 31.8 Å². The first-order valence-corrected chi connectivity index (χ1v) is 12.5. The van der Waals surface area contributed by atoms with E-state index in [1.807, 2.05) is 0 Å². The van der Waals surface area contributed by atoms with Crippen molar-refractivity contribution in [1.82, 2.24) is 19.5 Å². The molecule has 2 bridgehead atoms. The molecule has 0 spiro atoms. The number of aromatic nitrogens is 1. The fourth-order valence-corrected chi connectivity index (χ4v) is 6.44. The number of piperidine rings is 3. The van der Waals surface area contributed by atoms with E-state index in [0.717, 1.165) is 31.2 Å². The average molecular weight is 399 g/mol.